The molecule has 1 saturated heterocycles. The third kappa shape index (κ3) is 3.50. The summed E-state index contributed by atoms with van der Waals surface area (Å²) in [6, 6.07) is 3.93. The van der Waals surface area contributed by atoms with Gasteiger partial charge in [0, 0.05) is 19.6 Å². The quantitative estimate of drug-likeness (QED) is 0.865. The molecule has 0 saturated carbocycles. The van der Waals surface area contributed by atoms with Crippen molar-refractivity contribution < 1.29 is 12.8 Å². The molecule has 0 bridgehead atoms. The average molecular weight is 287 g/mol. The molecule has 7 heteroatoms. The van der Waals surface area contributed by atoms with Crippen LogP contribution in [0.5, 0.6) is 0 Å². The van der Waals surface area contributed by atoms with Gasteiger partial charge in [-0.15, -0.1) is 4.83 Å². The van der Waals surface area contributed by atoms with Crippen LogP contribution in [0.25, 0.3) is 0 Å². The van der Waals surface area contributed by atoms with Crippen LogP contribution in [0.2, 0.25) is 0 Å². The summed E-state index contributed by atoms with van der Waals surface area (Å²) in [5.74, 6) is -0.771. The second-order valence-electron chi connectivity index (χ2n) is 4.61. The van der Waals surface area contributed by atoms with Crippen LogP contribution in [0.4, 0.5) is 4.39 Å². The Morgan fingerprint density at radius 2 is 1.95 bits per heavy atom. The molecule has 0 unspecified atom stereocenters. The summed E-state index contributed by atoms with van der Waals surface area (Å²) < 4.78 is 38.0. The number of sulfonamides is 1. The molecule has 3 N–H and O–H groups in total. The van der Waals surface area contributed by atoms with Crippen molar-refractivity contribution in [3.8, 4) is 0 Å². The number of benzene rings is 1. The van der Waals surface area contributed by atoms with Crippen molar-refractivity contribution in [2.45, 2.75) is 30.7 Å². The first-order valence-corrected chi connectivity index (χ1v) is 7.77. The lowest BCUT2D eigenvalue weighted by atomic mass is 10.2. The van der Waals surface area contributed by atoms with E-state index >= 15 is 0 Å². The monoisotopic (exact) mass is 287 g/mol. The number of nitrogens with zero attached hydrogens (tertiary/aromatic N) is 1. The Balaban J connectivity index is 2.18. The van der Waals surface area contributed by atoms with Gasteiger partial charge in [0.25, 0.3) is 10.0 Å². The maximum atomic E-state index is 13.8. The van der Waals surface area contributed by atoms with Crippen molar-refractivity contribution in [2.24, 2.45) is 5.73 Å². The highest BCUT2D eigenvalue weighted by Gasteiger charge is 2.23. The molecule has 1 aliphatic rings. The molecular weight excluding hydrogens is 269 g/mol. The largest absolute Gasteiger partial charge is 0.326 e. The zero-order valence-electron chi connectivity index (χ0n) is 10.6. The van der Waals surface area contributed by atoms with Crippen molar-refractivity contribution in [1.82, 2.24) is 9.84 Å². The molecule has 0 amide bonds. The highest BCUT2D eigenvalue weighted by Crippen LogP contribution is 2.17. The van der Waals surface area contributed by atoms with E-state index in [1.165, 1.54) is 12.1 Å². The lowest BCUT2D eigenvalue weighted by molar-refractivity contribution is 0.199. The molecule has 0 spiro atoms. The molecule has 106 valence electrons. The van der Waals surface area contributed by atoms with Crippen LogP contribution in [0.1, 0.15) is 24.8 Å². The summed E-state index contributed by atoms with van der Waals surface area (Å²) in [5.41, 5.74) is 5.95. The van der Waals surface area contributed by atoms with E-state index in [1.54, 1.807) is 5.01 Å². The summed E-state index contributed by atoms with van der Waals surface area (Å²) >= 11 is 0. The SMILES string of the molecule is NCc1ccc(S(=O)(=O)NN2CCCCC2)c(F)c1. The van der Waals surface area contributed by atoms with Gasteiger partial charge in [-0.05, 0) is 30.5 Å². The van der Waals surface area contributed by atoms with Crippen LogP contribution in [0, 0.1) is 5.82 Å². The minimum absolute atomic E-state index is 0.177. The minimum atomic E-state index is -3.86. The smallest absolute Gasteiger partial charge is 0.256 e. The summed E-state index contributed by atoms with van der Waals surface area (Å²) in [6.07, 6.45) is 2.98. The number of nitrogens with one attached hydrogen (secondary N) is 1. The number of hydrogen-bond donors (Lipinski definition) is 2. The van der Waals surface area contributed by atoms with Crippen LogP contribution in [0.15, 0.2) is 23.1 Å². The highest BCUT2D eigenvalue weighted by molar-refractivity contribution is 7.89. The van der Waals surface area contributed by atoms with Gasteiger partial charge in [-0.2, -0.15) is 0 Å². The van der Waals surface area contributed by atoms with Gasteiger partial charge in [-0.25, -0.2) is 17.8 Å². The molecule has 2 rings (SSSR count). The van der Waals surface area contributed by atoms with Crippen molar-refractivity contribution in [1.29, 1.82) is 0 Å². The van der Waals surface area contributed by atoms with Crippen LogP contribution in [0.3, 0.4) is 0 Å². The zero-order chi connectivity index (χ0) is 13.9. The van der Waals surface area contributed by atoms with Crippen molar-refractivity contribution in [3.63, 3.8) is 0 Å². The first kappa shape index (κ1) is 14.4. The predicted molar refractivity (Wildman–Crippen MR) is 70.0 cm³/mol. The molecule has 0 radical (unpaired) electrons. The van der Waals surface area contributed by atoms with Crippen molar-refractivity contribution in [2.75, 3.05) is 13.1 Å². The Bertz CT molecular complexity index is 542. The van der Waals surface area contributed by atoms with Gasteiger partial charge < -0.3 is 5.73 Å². The molecule has 1 heterocycles. The molecule has 1 fully saturated rings. The van der Waals surface area contributed by atoms with E-state index in [0.717, 1.165) is 25.3 Å². The van der Waals surface area contributed by atoms with E-state index in [9.17, 15) is 12.8 Å². The first-order valence-electron chi connectivity index (χ1n) is 6.29. The minimum Gasteiger partial charge on any atom is -0.326 e. The summed E-state index contributed by atoms with van der Waals surface area (Å²) in [6.45, 7) is 1.49. The van der Waals surface area contributed by atoms with Crippen molar-refractivity contribution >= 4 is 10.0 Å². The Morgan fingerprint density at radius 1 is 1.26 bits per heavy atom. The Labute approximate surface area is 112 Å². The van der Waals surface area contributed by atoms with E-state index in [0.29, 0.717) is 18.7 Å². The fourth-order valence-corrected chi connectivity index (χ4v) is 3.28. The standard InChI is InChI=1S/C12H18FN3O2S/c13-11-8-10(9-14)4-5-12(11)19(17,18)15-16-6-2-1-3-7-16/h4-5,8,15H,1-3,6-7,9,14H2. The molecule has 0 aliphatic carbocycles. The Morgan fingerprint density at radius 3 is 2.53 bits per heavy atom. The normalized spacial score (nSPS) is 17.6. The molecular formula is C12H18FN3O2S. The molecule has 0 aromatic heterocycles. The third-order valence-electron chi connectivity index (χ3n) is 3.13. The maximum Gasteiger partial charge on any atom is 0.256 e. The molecule has 19 heavy (non-hydrogen) atoms. The van der Waals surface area contributed by atoms with Gasteiger partial charge in [0.1, 0.15) is 10.7 Å². The predicted octanol–water partition coefficient (Wildman–Crippen LogP) is 0.964. The highest BCUT2D eigenvalue weighted by atomic mass is 32.2. The number of hydrogen-bond acceptors (Lipinski definition) is 4. The lowest BCUT2D eigenvalue weighted by Crippen LogP contribution is -2.45. The topological polar surface area (TPSA) is 75.4 Å². The van der Waals surface area contributed by atoms with E-state index in [4.69, 9.17) is 5.73 Å². The number of piperidine rings is 1. The summed E-state index contributed by atoms with van der Waals surface area (Å²) in [4.78, 5) is 2.09. The van der Waals surface area contributed by atoms with Gasteiger partial charge in [-0.1, -0.05) is 12.5 Å². The van der Waals surface area contributed by atoms with Crippen LogP contribution in [-0.4, -0.2) is 26.5 Å². The van der Waals surface area contributed by atoms with Crippen LogP contribution in [-0.2, 0) is 16.6 Å². The summed E-state index contributed by atoms with van der Waals surface area (Å²) in [5, 5.41) is 1.62. The van der Waals surface area contributed by atoms with Crippen LogP contribution >= 0.6 is 0 Å². The van der Waals surface area contributed by atoms with Gasteiger partial charge in [0.05, 0.1) is 0 Å². The zero-order valence-corrected chi connectivity index (χ0v) is 11.4. The fourth-order valence-electron chi connectivity index (χ4n) is 2.09. The van der Waals surface area contributed by atoms with Crippen molar-refractivity contribution in [3.05, 3.63) is 29.6 Å². The fraction of sp³-hybridized carbons (Fsp3) is 0.500. The Kier molecular flexibility index (Phi) is 4.51. The lowest BCUT2D eigenvalue weighted by Gasteiger charge is -2.26. The van der Waals surface area contributed by atoms with E-state index in [-0.39, 0.29) is 11.4 Å². The van der Waals surface area contributed by atoms with Crippen LogP contribution < -0.4 is 10.6 Å². The van der Waals surface area contributed by atoms with Gasteiger partial charge in [0.15, 0.2) is 0 Å². The van der Waals surface area contributed by atoms with E-state index in [2.05, 4.69) is 4.83 Å². The van der Waals surface area contributed by atoms with Gasteiger partial charge in [-0.3, -0.25) is 0 Å². The first-order chi connectivity index (χ1) is 9.03. The van der Waals surface area contributed by atoms with Gasteiger partial charge in [0.2, 0.25) is 0 Å². The molecule has 1 aliphatic heterocycles. The molecule has 5 nitrogen and oxygen atoms in total. The Hall–Kier alpha value is -1.02. The number of halogens is 1. The molecule has 1 aromatic rings. The van der Waals surface area contributed by atoms with E-state index < -0.39 is 15.8 Å². The second kappa shape index (κ2) is 5.96. The maximum absolute atomic E-state index is 13.8. The second-order valence-corrected chi connectivity index (χ2v) is 6.24. The average Bonchev–Trinajstić information content (AvgIpc) is 2.38. The van der Waals surface area contributed by atoms with Gasteiger partial charge >= 0.3 is 0 Å². The summed E-state index contributed by atoms with van der Waals surface area (Å²) in [7, 11) is -3.86. The number of nitrogens with two attached hydrogens (primary N) is 1. The molecule has 1 aromatic carbocycles. The van der Waals surface area contributed by atoms with E-state index in [1.807, 2.05) is 0 Å². The third-order valence-corrected chi connectivity index (χ3v) is 4.54. The number of hydrazine groups is 1. The molecule has 0 atom stereocenters. The number of rotatable bonds is 4.